The first-order valence-corrected chi connectivity index (χ1v) is 7.72. The van der Waals surface area contributed by atoms with Gasteiger partial charge in [-0.3, -0.25) is 0 Å². The van der Waals surface area contributed by atoms with Crippen molar-refractivity contribution in [3.05, 3.63) is 21.5 Å². The van der Waals surface area contributed by atoms with E-state index in [0.717, 1.165) is 38.0 Å². The third-order valence-electron chi connectivity index (χ3n) is 3.12. The van der Waals surface area contributed by atoms with Crippen LogP contribution in [0.1, 0.15) is 39.5 Å². The van der Waals surface area contributed by atoms with Crippen LogP contribution < -0.4 is 0 Å². The van der Waals surface area contributed by atoms with E-state index in [1.165, 1.54) is 36.0 Å². The summed E-state index contributed by atoms with van der Waals surface area (Å²) in [6, 6.07) is 0. The normalized spacial score (nSPS) is 17.6. The molecule has 0 aromatic heterocycles. The first-order valence-electron chi connectivity index (χ1n) is 6.91. The monoisotopic (exact) mass is 375 g/mol. The molecule has 2 aliphatic heterocycles. The zero-order valence-corrected chi connectivity index (χ0v) is 15.3. The number of hydrogen-bond donors (Lipinski definition) is 0. The maximum Gasteiger partial charge on any atom is 0 e. The summed E-state index contributed by atoms with van der Waals surface area (Å²) in [5.74, 6) is 1.88. The van der Waals surface area contributed by atoms with Gasteiger partial charge in [-0.05, 0) is 11.8 Å². The molecule has 0 bridgehead atoms. The molecule has 0 spiro atoms. The average Bonchev–Trinajstić information content (AvgIpc) is 2.43. The Morgan fingerprint density at radius 1 is 0.762 bits per heavy atom. The Labute approximate surface area is 150 Å². The first-order chi connectivity index (χ1) is 9.62. The van der Waals surface area contributed by atoms with Gasteiger partial charge in [0.15, 0.2) is 0 Å². The fourth-order valence-electron chi connectivity index (χ4n) is 1.76. The number of nitrogens with zero attached hydrogens (tertiary/aromatic N) is 4. The van der Waals surface area contributed by atoms with E-state index < -0.39 is 0 Å². The van der Waals surface area contributed by atoms with Gasteiger partial charge in [-0.15, -0.1) is 26.2 Å². The Bertz CT molecular complexity index is 238. The fourth-order valence-corrected chi connectivity index (χ4v) is 1.76. The number of thiocarbonyl (C=S) groups is 2. The topological polar surface area (TPSA) is 72.8 Å². The Kier molecular flexibility index (Phi) is 27.6. The van der Waals surface area contributed by atoms with Gasteiger partial charge in [-0.25, -0.2) is 0 Å². The summed E-state index contributed by atoms with van der Waals surface area (Å²) in [5.41, 5.74) is 0. The number of piperidine rings is 2. The number of hydrogen-bond acceptors (Lipinski definition) is 2. The van der Waals surface area contributed by atoms with E-state index in [-0.39, 0.29) is 17.1 Å². The molecule has 0 N–H and O–H groups in total. The van der Waals surface area contributed by atoms with E-state index in [0.29, 0.717) is 0 Å². The third kappa shape index (κ3) is 25.3. The Hall–Kier alpha value is 0.0395. The molecule has 2 aliphatic rings. The van der Waals surface area contributed by atoms with Crippen LogP contribution in [-0.2, 0) is 17.1 Å². The average molecular weight is 376 g/mol. The standard InChI is InChI=1S/2C6H12N.2CNS.Cu/c2*1-6-2-4-7-5-3-6;2*2-1-3;/h2*6H,2-5H2,1H3;;;/q4*-1;. The second kappa shape index (κ2) is 22.3. The Morgan fingerprint density at radius 3 is 1.05 bits per heavy atom. The quantitative estimate of drug-likeness (QED) is 0.343. The molecule has 127 valence electrons. The Morgan fingerprint density at radius 2 is 0.952 bits per heavy atom. The van der Waals surface area contributed by atoms with Crippen LogP contribution in [0.15, 0.2) is 0 Å². The van der Waals surface area contributed by atoms with Crippen LogP contribution >= 0.6 is 24.4 Å². The van der Waals surface area contributed by atoms with E-state index >= 15 is 0 Å². The molecule has 21 heavy (non-hydrogen) atoms. The van der Waals surface area contributed by atoms with Gasteiger partial charge >= 0.3 is 0 Å². The molecule has 4 nitrogen and oxygen atoms in total. The summed E-state index contributed by atoms with van der Waals surface area (Å²) in [5, 5.41) is 25.4. The van der Waals surface area contributed by atoms with Gasteiger partial charge in [-0.2, -0.15) is 10.3 Å². The van der Waals surface area contributed by atoms with Gasteiger partial charge < -0.3 is 21.5 Å². The molecule has 0 unspecified atom stereocenters. The van der Waals surface area contributed by atoms with Crippen molar-refractivity contribution in [2.45, 2.75) is 39.5 Å². The van der Waals surface area contributed by atoms with Crippen molar-refractivity contribution in [2.75, 3.05) is 26.2 Å². The molecule has 0 atom stereocenters. The van der Waals surface area contributed by atoms with Crippen molar-refractivity contribution in [2.24, 2.45) is 11.8 Å². The van der Waals surface area contributed by atoms with Crippen molar-refractivity contribution in [1.29, 1.82) is 0 Å². The molecule has 2 saturated heterocycles. The smallest absolute Gasteiger partial charge is 0 e. The van der Waals surface area contributed by atoms with E-state index in [1.54, 1.807) is 0 Å². The van der Waals surface area contributed by atoms with Crippen LogP contribution in [0.25, 0.3) is 21.5 Å². The second-order valence-corrected chi connectivity index (χ2v) is 5.25. The third-order valence-corrected chi connectivity index (χ3v) is 3.12. The minimum atomic E-state index is 0. The van der Waals surface area contributed by atoms with E-state index in [2.05, 4.69) is 48.9 Å². The molecule has 0 aliphatic carbocycles. The number of isothiocyanates is 2. The second-order valence-electron chi connectivity index (χ2n) is 4.89. The number of rotatable bonds is 0. The minimum Gasteiger partial charge on any atom is -0.753 e. The summed E-state index contributed by atoms with van der Waals surface area (Å²) in [4.78, 5) is 0. The van der Waals surface area contributed by atoms with Gasteiger partial charge in [0.2, 0.25) is 0 Å². The summed E-state index contributed by atoms with van der Waals surface area (Å²) in [6.07, 6.45) is 5.28. The molecule has 0 amide bonds. The fraction of sp³-hybridized carbons (Fsp3) is 0.857. The molecule has 1 radical (unpaired) electrons. The molecular formula is C14H24CuN4S2-4. The van der Waals surface area contributed by atoms with Crippen LogP contribution in [0.3, 0.4) is 0 Å². The van der Waals surface area contributed by atoms with Crippen LogP contribution in [0.5, 0.6) is 0 Å². The van der Waals surface area contributed by atoms with Crippen LogP contribution in [0, 0.1) is 11.8 Å². The van der Waals surface area contributed by atoms with Crippen molar-refractivity contribution in [1.82, 2.24) is 0 Å². The summed E-state index contributed by atoms with van der Waals surface area (Å²) in [7, 11) is 0. The molecule has 0 saturated carbocycles. The van der Waals surface area contributed by atoms with E-state index in [1.807, 2.05) is 0 Å². The molecule has 0 aromatic rings. The molecule has 0 aromatic carbocycles. The minimum absolute atomic E-state index is 0. The zero-order valence-electron chi connectivity index (χ0n) is 12.7. The molecule has 2 heterocycles. The maximum absolute atomic E-state index is 7.13. The molecule has 7 heteroatoms. The predicted molar refractivity (Wildman–Crippen MR) is 94.9 cm³/mol. The molecule has 2 rings (SSSR count). The van der Waals surface area contributed by atoms with Crippen LogP contribution in [0.4, 0.5) is 0 Å². The van der Waals surface area contributed by atoms with Crippen LogP contribution in [-0.4, -0.2) is 36.5 Å². The SMILES string of the molecule is CC1CC[N-]CC1.CC1CC[N-]CC1.[Cu].[N-]=C=S.[N-]=C=S. The summed E-state index contributed by atoms with van der Waals surface area (Å²) < 4.78 is 0. The van der Waals surface area contributed by atoms with Gasteiger partial charge in [0.05, 0.1) is 0 Å². The van der Waals surface area contributed by atoms with Crippen molar-refractivity contribution in [3.63, 3.8) is 0 Å². The van der Waals surface area contributed by atoms with Crippen molar-refractivity contribution >= 4 is 34.8 Å². The largest absolute Gasteiger partial charge is 0.753 e. The van der Waals surface area contributed by atoms with E-state index in [4.69, 9.17) is 10.8 Å². The van der Waals surface area contributed by atoms with Gasteiger partial charge in [0, 0.05) is 17.1 Å². The summed E-state index contributed by atoms with van der Waals surface area (Å²) >= 11 is 7.40. The van der Waals surface area contributed by atoms with Gasteiger partial charge in [-0.1, -0.05) is 64.0 Å². The van der Waals surface area contributed by atoms with Gasteiger partial charge in [0.25, 0.3) is 0 Å². The molecular weight excluding hydrogens is 352 g/mol. The maximum atomic E-state index is 7.13. The zero-order chi connectivity index (χ0) is 15.6. The molecule has 2 fully saturated rings. The van der Waals surface area contributed by atoms with Gasteiger partial charge in [0.1, 0.15) is 0 Å². The van der Waals surface area contributed by atoms with Crippen molar-refractivity contribution in [3.8, 4) is 0 Å². The first kappa shape index (κ1) is 26.0. The summed E-state index contributed by atoms with van der Waals surface area (Å²) in [6.45, 7) is 9.05. The van der Waals surface area contributed by atoms with Crippen LogP contribution in [0.2, 0.25) is 0 Å². The Balaban J connectivity index is -0.000000220. The predicted octanol–water partition coefficient (Wildman–Crippen LogP) is 4.89. The van der Waals surface area contributed by atoms with E-state index in [9.17, 15) is 0 Å². The van der Waals surface area contributed by atoms with Crippen molar-refractivity contribution < 1.29 is 17.1 Å².